The minimum absolute atomic E-state index is 0.481. The Kier molecular flexibility index (Phi) is 7.84. The van der Waals surface area contributed by atoms with Crippen LogP contribution in [-0.4, -0.2) is 50.1 Å². The molecule has 0 fully saturated rings. The first kappa shape index (κ1) is 15.7. The van der Waals surface area contributed by atoms with E-state index in [-0.39, 0.29) is 0 Å². The molecular formula is C13H23N3O3. The van der Waals surface area contributed by atoms with E-state index in [4.69, 9.17) is 14.2 Å². The number of aromatic nitrogens is 2. The van der Waals surface area contributed by atoms with E-state index in [1.54, 1.807) is 7.11 Å². The molecule has 0 amide bonds. The van der Waals surface area contributed by atoms with Gasteiger partial charge in [-0.3, -0.25) is 0 Å². The molecule has 1 aromatic heterocycles. The number of rotatable bonds is 10. The zero-order chi connectivity index (χ0) is 13.9. The van der Waals surface area contributed by atoms with Crippen LogP contribution in [0.3, 0.4) is 0 Å². The van der Waals surface area contributed by atoms with Crippen LogP contribution in [0, 0.1) is 6.92 Å². The lowest BCUT2D eigenvalue weighted by Gasteiger charge is -2.09. The van der Waals surface area contributed by atoms with Gasteiger partial charge in [-0.15, -0.1) is 0 Å². The quantitative estimate of drug-likeness (QED) is 0.652. The molecule has 0 saturated heterocycles. The van der Waals surface area contributed by atoms with Crippen molar-refractivity contribution >= 4 is 5.95 Å². The molecule has 6 nitrogen and oxygen atoms in total. The second kappa shape index (κ2) is 9.52. The molecule has 0 spiro atoms. The molecule has 1 N–H and O–H groups in total. The summed E-state index contributed by atoms with van der Waals surface area (Å²) >= 11 is 0. The van der Waals surface area contributed by atoms with E-state index < -0.39 is 0 Å². The van der Waals surface area contributed by atoms with Gasteiger partial charge >= 0.3 is 0 Å². The normalized spacial score (nSPS) is 10.5. The Morgan fingerprint density at radius 3 is 2.74 bits per heavy atom. The molecule has 1 rings (SSSR count). The smallest absolute Gasteiger partial charge is 0.226 e. The lowest BCUT2D eigenvalue weighted by molar-refractivity contribution is 0.0795. The molecule has 0 saturated carbocycles. The maximum absolute atomic E-state index is 5.53. The molecule has 0 unspecified atom stereocenters. The number of anilines is 1. The Morgan fingerprint density at radius 2 is 2.00 bits per heavy atom. The van der Waals surface area contributed by atoms with E-state index in [1.165, 1.54) is 0 Å². The Bertz CT molecular complexity index is 361. The Morgan fingerprint density at radius 1 is 1.16 bits per heavy atom. The summed E-state index contributed by atoms with van der Waals surface area (Å²) in [6, 6.07) is 1.81. The molecule has 108 valence electrons. The van der Waals surface area contributed by atoms with E-state index in [0.29, 0.717) is 31.6 Å². The first-order chi connectivity index (χ1) is 9.26. The van der Waals surface area contributed by atoms with Crippen LogP contribution in [0.2, 0.25) is 0 Å². The highest BCUT2D eigenvalue weighted by Gasteiger charge is 2.02. The van der Waals surface area contributed by atoms with Crippen LogP contribution in [0.5, 0.6) is 5.88 Å². The standard InChI is InChI=1S/C13H23N3O3/c1-4-14-13-15-11(2)10-12(16-13)19-9-8-18-7-5-6-17-3/h10H,4-9H2,1-3H3,(H,14,15,16). The minimum atomic E-state index is 0.481. The van der Waals surface area contributed by atoms with Crippen LogP contribution >= 0.6 is 0 Å². The molecule has 0 aliphatic heterocycles. The Labute approximate surface area is 114 Å². The van der Waals surface area contributed by atoms with Crippen molar-refractivity contribution in [2.45, 2.75) is 20.3 Å². The summed E-state index contributed by atoms with van der Waals surface area (Å²) in [7, 11) is 1.68. The van der Waals surface area contributed by atoms with E-state index in [2.05, 4.69) is 15.3 Å². The van der Waals surface area contributed by atoms with Crippen molar-refractivity contribution in [3.63, 3.8) is 0 Å². The molecular weight excluding hydrogens is 246 g/mol. The van der Waals surface area contributed by atoms with Gasteiger partial charge in [0.1, 0.15) is 6.61 Å². The van der Waals surface area contributed by atoms with Gasteiger partial charge in [0, 0.05) is 38.6 Å². The number of nitrogens with zero attached hydrogens (tertiary/aromatic N) is 2. The van der Waals surface area contributed by atoms with E-state index in [9.17, 15) is 0 Å². The predicted molar refractivity (Wildman–Crippen MR) is 73.7 cm³/mol. The molecule has 1 aromatic rings. The molecule has 0 atom stereocenters. The monoisotopic (exact) mass is 269 g/mol. The third kappa shape index (κ3) is 6.93. The van der Waals surface area contributed by atoms with Crippen molar-refractivity contribution < 1.29 is 14.2 Å². The average molecular weight is 269 g/mol. The van der Waals surface area contributed by atoms with Gasteiger partial charge in [-0.2, -0.15) is 4.98 Å². The zero-order valence-corrected chi connectivity index (χ0v) is 11.9. The minimum Gasteiger partial charge on any atom is -0.475 e. The topological polar surface area (TPSA) is 65.5 Å². The molecule has 0 radical (unpaired) electrons. The van der Waals surface area contributed by atoms with Crippen molar-refractivity contribution in [2.75, 3.05) is 45.4 Å². The first-order valence-corrected chi connectivity index (χ1v) is 6.55. The van der Waals surface area contributed by atoms with Gasteiger partial charge < -0.3 is 19.5 Å². The van der Waals surface area contributed by atoms with Crippen LogP contribution in [0.1, 0.15) is 19.0 Å². The second-order valence-electron chi connectivity index (χ2n) is 4.01. The third-order valence-corrected chi connectivity index (χ3v) is 2.28. The lowest BCUT2D eigenvalue weighted by atomic mass is 10.4. The first-order valence-electron chi connectivity index (χ1n) is 6.55. The summed E-state index contributed by atoms with van der Waals surface area (Å²) in [6.45, 7) is 7.13. The van der Waals surface area contributed by atoms with Gasteiger partial charge in [-0.05, 0) is 20.3 Å². The van der Waals surface area contributed by atoms with Gasteiger partial charge in [-0.25, -0.2) is 4.98 Å². The Balaban J connectivity index is 2.25. The lowest BCUT2D eigenvalue weighted by Crippen LogP contribution is -2.10. The summed E-state index contributed by atoms with van der Waals surface area (Å²) in [5, 5.41) is 3.07. The maximum atomic E-state index is 5.53. The van der Waals surface area contributed by atoms with Gasteiger partial charge in [0.25, 0.3) is 0 Å². The summed E-state index contributed by atoms with van der Waals surface area (Å²) < 4.78 is 15.9. The number of aryl methyl sites for hydroxylation is 1. The summed E-state index contributed by atoms with van der Waals surface area (Å²) in [4.78, 5) is 8.50. The predicted octanol–water partition coefficient (Wildman–Crippen LogP) is 1.65. The van der Waals surface area contributed by atoms with Crippen molar-refractivity contribution in [1.82, 2.24) is 9.97 Å². The van der Waals surface area contributed by atoms with Crippen molar-refractivity contribution in [3.05, 3.63) is 11.8 Å². The number of hydrogen-bond acceptors (Lipinski definition) is 6. The van der Waals surface area contributed by atoms with Gasteiger partial charge in [0.2, 0.25) is 11.8 Å². The molecule has 6 heteroatoms. The van der Waals surface area contributed by atoms with Gasteiger partial charge in [-0.1, -0.05) is 0 Å². The second-order valence-corrected chi connectivity index (χ2v) is 4.01. The largest absolute Gasteiger partial charge is 0.475 e. The van der Waals surface area contributed by atoms with Crippen LogP contribution < -0.4 is 10.1 Å². The number of hydrogen-bond donors (Lipinski definition) is 1. The fraction of sp³-hybridized carbons (Fsp3) is 0.692. The number of methoxy groups -OCH3 is 1. The maximum Gasteiger partial charge on any atom is 0.226 e. The van der Waals surface area contributed by atoms with Gasteiger partial charge in [0.05, 0.1) is 6.61 Å². The van der Waals surface area contributed by atoms with Crippen molar-refractivity contribution in [2.24, 2.45) is 0 Å². The third-order valence-electron chi connectivity index (χ3n) is 2.28. The highest BCUT2D eigenvalue weighted by Crippen LogP contribution is 2.11. The SMILES string of the molecule is CCNc1nc(C)cc(OCCOCCCOC)n1. The summed E-state index contributed by atoms with van der Waals surface area (Å²) in [6.07, 6.45) is 0.897. The molecule has 0 aliphatic carbocycles. The van der Waals surface area contributed by atoms with Gasteiger partial charge in [0.15, 0.2) is 0 Å². The average Bonchev–Trinajstić information content (AvgIpc) is 2.37. The molecule has 0 aliphatic rings. The fourth-order valence-corrected chi connectivity index (χ4v) is 1.46. The molecule has 1 heterocycles. The van der Waals surface area contributed by atoms with Crippen molar-refractivity contribution in [1.29, 1.82) is 0 Å². The van der Waals surface area contributed by atoms with E-state index in [1.807, 2.05) is 19.9 Å². The van der Waals surface area contributed by atoms with E-state index >= 15 is 0 Å². The summed E-state index contributed by atoms with van der Waals surface area (Å²) in [5.74, 6) is 1.17. The van der Waals surface area contributed by atoms with Crippen LogP contribution in [0.25, 0.3) is 0 Å². The number of nitrogens with one attached hydrogen (secondary N) is 1. The van der Waals surface area contributed by atoms with E-state index in [0.717, 1.165) is 25.3 Å². The molecule has 0 bridgehead atoms. The van der Waals surface area contributed by atoms with Crippen LogP contribution in [0.4, 0.5) is 5.95 Å². The number of ether oxygens (including phenoxy) is 3. The Hall–Kier alpha value is -1.40. The highest BCUT2D eigenvalue weighted by molar-refractivity contribution is 5.30. The highest BCUT2D eigenvalue weighted by atomic mass is 16.5. The molecule has 19 heavy (non-hydrogen) atoms. The fourth-order valence-electron chi connectivity index (χ4n) is 1.46. The molecule has 0 aromatic carbocycles. The van der Waals surface area contributed by atoms with Crippen LogP contribution in [0.15, 0.2) is 6.07 Å². The summed E-state index contributed by atoms with van der Waals surface area (Å²) in [5.41, 5.74) is 0.877. The van der Waals surface area contributed by atoms with Crippen LogP contribution in [-0.2, 0) is 9.47 Å². The zero-order valence-electron chi connectivity index (χ0n) is 11.9. The van der Waals surface area contributed by atoms with Crippen molar-refractivity contribution in [3.8, 4) is 5.88 Å².